The lowest BCUT2D eigenvalue weighted by Crippen LogP contribution is -2.46. The zero-order valence-corrected chi connectivity index (χ0v) is 12.6. The van der Waals surface area contributed by atoms with Gasteiger partial charge in [-0.3, -0.25) is 0 Å². The third-order valence-electron chi connectivity index (χ3n) is 4.90. The number of benzene rings is 1. The summed E-state index contributed by atoms with van der Waals surface area (Å²) in [7, 11) is 1.73. The Labute approximate surface area is 122 Å². The second kappa shape index (κ2) is 6.15. The van der Waals surface area contributed by atoms with Gasteiger partial charge in [-0.2, -0.15) is 0 Å². The maximum absolute atomic E-state index is 5.32. The highest BCUT2D eigenvalue weighted by Gasteiger charge is 2.31. The molecular formula is C17H26N2O. The molecule has 20 heavy (non-hydrogen) atoms. The van der Waals surface area contributed by atoms with Crippen LogP contribution in [0.2, 0.25) is 0 Å². The van der Waals surface area contributed by atoms with Crippen molar-refractivity contribution in [3.8, 4) is 5.75 Å². The van der Waals surface area contributed by atoms with Crippen LogP contribution in [0.1, 0.15) is 44.2 Å². The van der Waals surface area contributed by atoms with Crippen LogP contribution in [0.4, 0.5) is 0 Å². The van der Waals surface area contributed by atoms with Crippen molar-refractivity contribution in [2.24, 2.45) is 0 Å². The SMILES string of the molecule is COc1cccc(C(C)NC2CCN3CCCC3C2)c1. The van der Waals surface area contributed by atoms with Crippen molar-refractivity contribution >= 4 is 0 Å². The average Bonchev–Trinajstić information content (AvgIpc) is 2.95. The van der Waals surface area contributed by atoms with E-state index in [0.29, 0.717) is 12.1 Å². The third-order valence-corrected chi connectivity index (χ3v) is 4.90. The molecule has 0 aromatic heterocycles. The van der Waals surface area contributed by atoms with Crippen LogP contribution >= 0.6 is 0 Å². The summed E-state index contributed by atoms with van der Waals surface area (Å²) in [6.45, 7) is 4.85. The molecule has 1 N–H and O–H groups in total. The maximum atomic E-state index is 5.32. The molecule has 1 aromatic carbocycles. The van der Waals surface area contributed by atoms with Gasteiger partial charge in [-0.25, -0.2) is 0 Å². The van der Waals surface area contributed by atoms with Crippen LogP contribution in [0, 0.1) is 0 Å². The first-order valence-electron chi connectivity index (χ1n) is 7.90. The molecule has 0 saturated carbocycles. The Bertz CT molecular complexity index is 448. The van der Waals surface area contributed by atoms with E-state index in [-0.39, 0.29) is 0 Å². The highest BCUT2D eigenvalue weighted by molar-refractivity contribution is 5.30. The van der Waals surface area contributed by atoms with Gasteiger partial charge >= 0.3 is 0 Å². The minimum Gasteiger partial charge on any atom is -0.497 e. The van der Waals surface area contributed by atoms with Gasteiger partial charge in [0.2, 0.25) is 0 Å². The quantitative estimate of drug-likeness (QED) is 0.913. The second-order valence-electron chi connectivity index (χ2n) is 6.22. The number of fused-ring (bicyclic) bond motifs is 1. The molecule has 3 rings (SSSR count). The van der Waals surface area contributed by atoms with E-state index >= 15 is 0 Å². The molecule has 0 aliphatic carbocycles. The van der Waals surface area contributed by atoms with Crippen LogP contribution < -0.4 is 10.1 Å². The molecule has 1 aromatic rings. The molecular weight excluding hydrogens is 248 g/mol. The fourth-order valence-corrected chi connectivity index (χ4v) is 3.74. The lowest BCUT2D eigenvalue weighted by Gasteiger charge is -2.36. The monoisotopic (exact) mass is 274 g/mol. The van der Waals surface area contributed by atoms with Crippen LogP contribution in [-0.4, -0.2) is 37.2 Å². The summed E-state index contributed by atoms with van der Waals surface area (Å²) in [5.41, 5.74) is 1.32. The number of hydrogen-bond donors (Lipinski definition) is 1. The lowest BCUT2D eigenvalue weighted by molar-refractivity contribution is 0.162. The zero-order chi connectivity index (χ0) is 13.9. The molecule has 3 atom stereocenters. The number of nitrogens with one attached hydrogen (secondary N) is 1. The molecule has 2 saturated heterocycles. The van der Waals surface area contributed by atoms with Gasteiger partial charge in [-0.15, -0.1) is 0 Å². The van der Waals surface area contributed by atoms with E-state index in [2.05, 4.69) is 35.3 Å². The highest BCUT2D eigenvalue weighted by atomic mass is 16.5. The van der Waals surface area contributed by atoms with Crippen molar-refractivity contribution in [3.05, 3.63) is 29.8 Å². The Hall–Kier alpha value is -1.06. The van der Waals surface area contributed by atoms with E-state index in [9.17, 15) is 0 Å². The fourth-order valence-electron chi connectivity index (χ4n) is 3.74. The summed E-state index contributed by atoms with van der Waals surface area (Å²) in [6.07, 6.45) is 5.38. The molecule has 0 amide bonds. The molecule has 3 unspecified atom stereocenters. The number of nitrogens with zero attached hydrogens (tertiary/aromatic N) is 1. The Morgan fingerprint density at radius 3 is 3.05 bits per heavy atom. The van der Waals surface area contributed by atoms with Crippen molar-refractivity contribution in [3.63, 3.8) is 0 Å². The van der Waals surface area contributed by atoms with Gasteiger partial charge in [0.25, 0.3) is 0 Å². The van der Waals surface area contributed by atoms with Gasteiger partial charge < -0.3 is 15.0 Å². The van der Waals surface area contributed by atoms with E-state index in [1.165, 1.54) is 44.3 Å². The molecule has 2 aliphatic rings. The molecule has 0 bridgehead atoms. The molecule has 2 fully saturated rings. The first kappa shape index (κ1) is 13.9. The van der Waals surface area contributed by atoms with Crippen LogP contribution in [0.25, 0.3) is 0 Å². The van der Waals surface area contributed by atoms with Gasteiger partial charge in [0.05, 0.1) is 7.11 Å². The first-order valence-corrected chi connectivity index (χ1v) is 7.90. The minimum atomic E-state index is 0.392. The van der Waals surface area contributed by atoms with E-state index < -0.39 is 0 Å². The fraction of sp³-hybridized carbons (Fsp3) is 0.647. The number of ether oxygens (including phenoxy) is 1. The van der Waals surface area contributed by atoms with Crippen molar-refractivity contribution < 1.29 is 4.74 Å². The average molecular weight is 274 g/mol. The molecule has 2 aliphatic heterocycles. The second-order valence-corrected chi connectivity index (χ2v) is 6.22. The maximum Gasteiger partial charge on any atom is 0.119 e. The smallest absolute Gasteiger partial charge is 0.119 e. The van der Waals surface area contributed by atoms with Gasteiger partial charge in [0, 0.05) is 18.1 Å². The molecule has 110 valence electrons. The summed E-state index contributed by atoms with van der Waals surface area (Å²) in [6, 6.07) is 10.3. The molecule has 3 nitrogen and oxygen atoms in total. The minimum absolute atomic E-state index is 0.392. The van der Waals surface area contributed by atoms with E-state index in [0.717, 1.165) is 11.8 Å². The zero-order valence-electron chi connectivity index (χ0n) is 12.6. The van der Waals surface area contributed by atoms with Crippen molar-refractivity contribution in [2.75, 3.05) is 20.2 Å². The Morgan fingerprint density at radius 2 is 2.20 bits per heavy atom. The highest BCUT2D eigenvalue weighted by Crippen LogP contribution is 2.28. The van der Waals surface area contributed by atoms with Crippen molar-refractivity contribution in [1.29, 1.82) is 0 Å². The predicted molar refractivity (Wildman–Crippen MR) is 82.2 cm³/mol. The topological polar surface area (TPSA) is 24.5 Å². The summed E-state index contributed by atoms with van der Waals surface area (Å²) in [4.78, 5) is 2.67. The largest absolute Gasteiger partial charge is 0.497 e. The molecule has 0 spiro atoms. The normalized spacial score (nSPS) is 28.1. The van der Waals surface area contributed by atoms with Gasteiger partial charge in [0.15, 0.2) is 0 Å². The summed E-state index contributed by atoms with van der Waals surface area (Å²) in [5.74, 6) is 0.946. The van der Waals surface area contributed by atoms with Crippen molar-refractivity contribution in [1.82, 2.24) is 10.2 Å². The lowest BCUT2D eigenvalue weighted by atomic mass is 9.96. The van der Waals surface area contributed by atoms with E-state index in [1.807, 2.05) is 6.07 Å². The summed E-state index contributed by atoms with van der Waals surface area (Å²) in [5, 5.41) is 3.82. The Balaban J connectivity index is 1.59. The van der Waals surface area contributed by atoms with Gasteiger partial charge in [-0.05, 0) is 63.4 Å². The number of rotatable bonds is 4. The molecule has 0 radical (unpaired) electrons. The third kappa shape index (κ3) is 2.99. The Kier molecular flexibility index (Phi) is 4.27. The summed E-state index contributed by atoms with van der Waals surface area (Å²) < 4.78 is 5.32. The van der Waals surface area contributed by atoms with Crippen LogP contribution in [0.5, 0.6) is 5.75 Å². The van der Waals surface area contributed by atoms with Gasteiger partial charge in [-0.1, -0.05) is 12.1 Å². The van der Waals surface area contributed by atoms with E-state index in [4.69, 9.17) is 4.74 Å². The summed E-state index contributed by atoms with van der Waals surface area (Å²) >= 11 is 0. The van der Waals surface area contributed by atoms with Crippen LogP contribution in [0.3, 0.4) is 0 Å². The van der Waals surface area contributed by atoms with Crippen LogP contribution in [0.15, 0.2) is 24.3 Å². The van der Waals surface area contributed by atoms with Gasteiger partial charge in [0.1, 0.15) is 5.75 Å². The Morgan fingerprint density at radius 1 is 1.30 bits per heavy atom. The predicted octanol–water partition coefficient (Wildman–Crippen LogP) is 2.97. The first-order chi connectivity index (χ1) is 9.76. The number of hydrogen-bond acceptors (Lipinski definition) is 3. The number of methoxy groups -OCH3 is 1. The van der Waals surface area contributed by atoms with E-state index in [1.54, 1.807) is 7.11 Å². The molecule has 3 heteroatoms. The number of piperidine rings is 1. The van der Waals surface area contributed by atoms with Crippen molar-refractivity contribution in [2.45, 2.75) is 50.7 Å². The molecule has 2 heterocycles. The standard InChI is InChI=1S/C17H26N2O/c1-13(14-5-3-7-17(11-14)20-2)18-15-8-10-19-9-4-6-16(19)12-15/h3,5,7,11,13,15-16,18H,4,6,8-10,12H2,1-2H3. The van der Waals surface area contributed by atoms with Crippen LogP contribution in [-0.2, 0) is 0 Å².